The third kappa shape index (κ3) is 3.30. The molecule has 0 spiro atoms. The summed E-state index contributed by atoms with van der Waals surface area (Å²) in [6.07, 6.45) is 4.99. The zero-order valence-electron chi connectivity index (χ0n) is 9.73. The quantitative estimate of drug-likeness (QED) is 0.775. The fourth-order valence-electron chi connectivity index (χ4n) is 2.51. The maximum Gasteiger partial charge on any atom is 0.0514 e. The third-order valence-electron chi connectivity index (χ3n) is 3.52. The van der Waals surface area contributed by atoms with Crippen LogP contribution in [0.2, 0.25) is 0 Å². The lowest BCUT2D eigenvalue weighted by molar-refractivity contribution is 0.0895. The molecule has 2 atom stereocenters. The SMILES string of the molecule is NCC1CCCC1COCCc1cccs1. The van der Waals surface area contributed by atoms with Gasteiger partial charge in [-0.05, 0) is 42.7 Å². The minimum absolute atomic E-state index is 0.710. The number of nitrogens with two attached hydrogens (primary N) is 1. The summed E-state index contributed by atoms with van der Waals surface area (Å²) in [4.78, 5) is 1.42. The molecule has 1 aromatic rings. The topological polar surface area (TPSA) is 35.2 Å². The first-order valence-corrected chi connectivity index (χ1v) is 7.08. The van der Waals surface area contributed by atoms with Gasteiger partial charge in [0, 0.05) is 17.9 Å². The largest absolute Gasteiger partial charge is 0.381 e. The molecule has 3 heteroatoms. The van der Waals surface area contributed by atoms with Gasteiger partial charge in [0.05, 0.1) is 6.61 Å². The summed E-state index contributed by atoms with van der Waals surface area (Å²) in [6, 6.07) is 4.27. The van der Waals surface area contributed by atoms with E-state index in [0.717, 1.165) is 26.2 Å². The smallest absolute Gasteiger partial charge is 0.0514 e. The maximum absolute atomic E-state index is 5.77. The summed E-state index contributed by atoms with van der Waals surface area (Å²) < 4.78 is 5.77. The summed E-state index contributed by atoms with van der Waals surface area (Å²) in [7, 11) is 0. The molecular weight excluding hydrogens is 218 g/mol. The molecule has 2 unspecified atom stereocenters. The number of thiophene rings is 1. The van der Waals surface area contributed by atoms with Crippen LogP contribution in [0, 0.1) is 11.8 Å². The second-order valence-electron chi connectivity index (χ2n) is 4.59. The molecule has 16 heavy (non-hydrogen) atoms. The zero-order chi connectivity index (χ0) is 11.2. The van der Waals surface area contributed by atoms with Crippen molar-refractivity contribution in [2.24, 2.45) is 17.6 Å². The highest BCUT2D eigenvalue weighted by atomic mass is 32.1. The average Bonchev–Trinajstić information content (AvgIpc) is 2.95. The molecule has 0 radical (unpaired) electrons. The van der Waals surface area contributed by atoms with Crippen LogP contribution in [0.1, 0.15) is 24.1 Å². The van der Waals surface area contributed by atoms with Gasteiger partial charge in [0.2, 0.25) is 0 Å². The highest BCUT2D eigenvalue weighted by Crippen LogP contribution is 2.30. The van der Waals surface area contributed by atoms with Crippen LogP contribution >= 0.6 is 11.3 Å². The molecule has 0 bridgehead atoms. The fourth-order valence-corrected chi connectivity index (χ4v) is 3.20. The monoisotopic (exact) mass is 239 g/mol. The Morgan fingerprint density at radius 1 is 1.38 bits per heavy atom. The molecule has 1 heterocycles. The number of hydrogen-bond donors (Lipinski definition) is 1. The van der Waals surface area contributed by atoms with Crippen LogP contribution in [-0.2, 0) is 11.2 Å². The van der Waals surface area contributed by atoms with Gasteiger partial charge in [0.1, 0.15) is 0 Å². The van der Waals surface area contributed by atoms with Crippen LogP contribution in [0.15, 0.2) is 17.5 Å². The van der Waals surface area contributed by atoms with Crippen LogP contribution in [0.5, 0.6) is 0 Å². The minimum Gasteiger partial charge on any atom is -0.381 e. The van der Waals surface area contributed by atoms with E-state index in [1.54, 1.807) is 0 Å². The van der Waals surface area contributed by atoms with Gasteiger partial charge in [-0.1, -0.05) is 12.5 Å². The summed E-state index contributed by atoms with van der Waals surface area (Å²) in [5.74, 6) is 1.43. The van der Waals surface area contributed by atoms with Gasteiger partial charge in [-0.15, -0.1) is 11.3 Å². The van der Waals surface area contributed by atoms with E-state index in [9.17, 15) is 0 Å². The first kappa shape index (κ1) is 12.1. The Labute approximate surface area is 102 Å². The third-order valence-corrected chi connectivity index (χ3v) is 4.46. The fraction of sp³-hybridized carbons (Fsp3) is 0.692. The molecule has 1 aromatic heterocycles. The van der Waals surface area contributed by atoms with E-state index in [1.165, 1.54) is 24.1 Å². The van der Waals surface area contributed by atoms with Crippen molar-refractivity contribution >= 4 is 11.3 Å². The van der Waals surface area contributed by atoms with Crippen LogP contribution < -0.4 is 5.73 Å². The zero-order valence-corrected chi connectivity index (χ0v) is 10.5. The lowest BCUT2D eigenvalue weighted by Gasteiger charge is -2.17. The van der Waals surface area contributed by atoms with E-state index >= 15 is 0 Å². The molecular formula is C13H21NOS. The van der Waals surface area contributed by atoms with Crippen molar-refractivity contribution in [1.29, 1.82) is 0 Å². The van der Waals surface area contributed by atoms with E-state index in [1.807, 2.05) is 11.3 Å². The highest BCUT2D eigenvalue weighted by Gasteiger charge is 2.25. The Morgan fingerprint density at radius 2 is 2.25 bits per heavy atom. The first-order chi connectivity index (χ1) is 7.90. The molecule has 0 aliphatic heterocycles. The summed E-state index contributed by atoms with van der Waals surface area (Å²) in [5.41, 5.74) is 5.75. The lowest BCUT2D eigenvalue weighted by Crippen LogP contribution is -2.22. The molecule has 1 aliphatic carbocycles. The molecule has 1 fully saturated rings. The van der Waals surface area contributed by atoms with Crippen molar-refractivity contribution in [3.05, 3.63) is 22.4 Å². The number of hydrogen-bond acceptors (Lipinski definition) is 3. The Morgan fingerprint density at radius 3 is 3.00 bits per heavy atom. The molecule has 0 aromatic carbocycles. The van der Waals surface area contributed by atoms with E-state index in [2.05, 4.69) is 17.5 Å². The van der Waals surface area contributed by atoms with Gasteiger partial charge in [-0.2, -0.15) is 0 Å². The van der Waals surface area contributed by atoms with Crippen molar-refractivity contribution in [3.63, 3.8) is 0 Å². The van der Waals surface area contributed by atoms with Crippen molar-refractivity contribution in [3.8, 4) is 0 Å². The van der Waals surface area contributed by atoms with E-state index < -0.39 is 0 Å². The van der Waals surface area contributed by atoms with E-state index in [4.69, 9.17) is 10.5 Å². The van der Waals surface area contributed by atoms with Crippen LogP contribution in [-0.4, -0.2) is 19.8 Å². The Balaban J connectivity index is 1.61. The maximum atomic E-state index is 5.77. The van der Waals surface area contributed by atoms with Gasteiger partial charge in [-0.3, -0.25) is 0 Å². The van der Waals surface area contributed by atoms with Crippen molar-refractivity contribution in [1.82, 2.24) is 0 Å². The molecule has 90 valence electrons. The van der Waals surface area contributed by atoms with Crippen molar-refractivity contribution in [2.45, 2.75) is 25.7 Å². The first-order valence-electron chi connectivity index (χ1n) is 6.20. The predicted molar refractivity (Wildman–Crippen MR) is 68.7 cm³/mol. The molecule has 1 saturated carbocycles. The van der Waals surface area contributed by atoms with Crippen LogP contribution in [0.25, 0.3) is 0 Å². The molecule has 0 amide bonds. The van der Waals surface area contributed by atoms with Gasteiger partial charge >= 0.3 is 0 Å². The van der Waals surface area contributed by atoms with E-state index in [-0.39, 0.29) is 0 Å². The van der Waals surface area contributed by atoms with Crippen molar-refractivity contribution < 1.29 is 4.74 Å². The van der Waals surface area contributed by atoms with Gasteiger partial charge in [0.15, 0.2) is 0 Å². The Kier molecular flexibility index (Phi) is 4.82. The lowest BCUT2D eigenvalue weighted by atomic mass is 9.97. The summed E-state index contributed by atoms with van der Waals surface area (Å²) in [5, 5.41) is 2.12. The van der Waals surface area contributed by atoms with Gasteiger partial charge in [-0.25, -0.2) is 0 Å². The molecule has 2 N–H and O–H groups in total. The van der Waals surface area contributed by atoms with E-state index in [0.29, 0.717) is 11.8 Å². The molecule has 1 aliphatic rings. The van der Waals surface area contributed by atoms with Crippen LogP contribution in [0.3, 0.4) is 0 Å². The normalized spacial score (nSPS) is 25.1. The average molecular weight is 239 g/mol. The Hall–Kier alpha value is -0.380. The highest BCUT2D eigenvalue weighted by molar-refractivity contribution is 7.09. The van der Waals surface area contributed by atoms with Crippen LogP contribution in [0.4, 0.5) is 0 Å². The minimum atomic E-state index is 0.710. The number of ether oxygens (including phenoxy) is 1. The second kappa shape index (κ2) is 6.38. The summed E-state index contributed by atoms with van der Waals surface area (Å²) in [6.45, 7) is 2.60. The summed E-state index contributed by atoms with van der Waals surface area (Å²) >= 11 is 1.81. The van der Waals surface area contributed by atoms with Gasteiger partial charge in [0.25, 0.3) is 0 Å². The molecule has 2 nitrogen and oxygen atoms in total. The van der Waals surface area contributed by atoms with Gasteiger partial charge < -0.3 is 10.5 Å². The molecule has 0 saturated heterocycles. The second-order valence-corrected chi connectivity index (χ2v) is 5.62. The number of rotatable bonds is 6. The Bertz CT molecular complexity index is 286. The van der Waals surface area contributed by atoms with Crippen molar-refractivity contribution in [2.75, 3.05) is 19.8 Å². The standard InChI is InChI=1S/C13H21NOS/c14-9-11-3-1-4-12(11)10-15-7-6-13-5-2-8-16-13/h2,5,8,11-12H,1,3-4,6-7,9-10,14H2. The molecule has 2 rings (SSSR count). The predicted octanol–water partition coefficient (Wildman–Crippen LogP) is 2.68.